The normalized spacial score (nSPS) is 11.6. The second-order valence-electron chi connectivity index (χ2n) is 5.49. The molecule has 6 heteroatoms. The van der Waals surface area contributed by atoms with E-state index in [-0.39, 0.29) is 0 Å². The number of H-pyrrole nitrogens is 1. The lowest BCUT2D eigenvalue weighted by Crippen LogP contribution is -2.25. The molecule has 116 valence electrons. The van der Waals surface area contributed by atoms with Crippen molar-refractivity contribution in [1.29, 1.82) is 0 Å². The first-order chi connectivity index (χ1) is 10.7. The van der Waals surface area contributed by atoms with Gasteiger partial charge in [0.05, 0.1) is 17.6 Å². The first kappa shape index (κ1) is 14.7. The van der Waals surface area contributed by atoms with Gasteiger partial charge >= 0.3 is 0 Å². The molecule has 1 aromatic carbocycles. The van der Waals surface area contributed by atoms with Gasteiger partial charge in [-0.25, -0.2) is 4.98 Å². The van der Waals surface area contributed by atoms with E-state index in [0.717, 1.165) is 36.4 Å². The van der Waals surface area contributed by atoms with Crippen molar-refractivity contribution in [3.8, 4) is 0 Å². The number of nitrogens with one attached hydrogen (secondary N) is 1. The number of benzene rings is 1. The smallest absolute Gasteiger partial charge is 0.230 e. The number of para-hydroxylation sites is 1. The van der Waals surface area contributed by atoms with Gasteiger partial charge in [-0.15, -0.1) is 10.2 Å². The molecule has 2 aromatic heterocycles. The third-order valence-electron chi connectivity index (χ3n) is 3.80. The van der Waals surface area contributed by atoms with Gasteiger partial charge in [-0.2, -0.15) is 0 Å². The molecular formula is C16H21N5O. The Bertz CT molecular complexity index is 761. The second kappa shape index (κ2) is 6.27. The van der Waals surface area contributed by atoms with Crippen LogP contribution in [0.4, 0.5) is 0 Å². The molecule has 1 N–H and O–H groups in total. The molecule has 0 amide bonds. The monoisotopic (exact) mass is 299 g/mol. The van der Waals surface area contributed by atoms with E-state index in [4.69, 9.17) is 9.40 Å². The number of imidazole rings is 1. The molecule has 0 aliphatic carbocycles. The molecule has 22 heavy (non-hydrogen) atoms. The fourth-order valence-electron chi connectivity index (χ4n) is 2.55. The van der Waals surface area contributed by atoms with Gasteiger partial charge in [-0.3, -0.25) is 4.90 Å². The van der Waals surface area contributed by atoms with Gasteiger partial charge in [0.2, 0.25) is 11.8 Å². The fourth-order valence-corrected chi connectivity index (χ4v) is 2.55. The van der Waals surface area contributed by atoms with E-state index in [2.05, 4.69) is 52.1 Å². The van der Waals surface area contributed by atoms with E-state index in [1.54, 1.807) is 0 Å². The van der Waals surface area contributed by atoms with E-state index in [1.165, 1.54) is 5.56 Å². The number of fused-ring (bicyclic) bond motifs is 1. The molecule has 0 spiro atoms. The summed E-state index contributed by atoms with van der Waals surface area (Å²) in [5.41, 5.74) is 3.37. The summed E-state index contributed by atoms with van der Waals surface area (Å²) in [6, 6.07) is 6.21. The zero-order valence-electron chi connectivity index (χ0n) is 13.3. The lowest BCUT2D eigenvalue weighted by atomic mass is 10.2. The van der Waals surface area contributed by atoms with Crippen LogP contribution in [-0.2, 0) is 13.0 Å². The quantitative estimate of drug-likeness (QED) is 0.757. The van der Waals surface area contributed by atoms with Crippen molar-refractivity contribution in [2.45, 2.75) is 33.7 Å². The molecule has 3 aromatic rings. The summed E-state index contributed by atoms with van der Waals surface area (Å²) in [6.07, 6.45) is 0.870. The molecule has 0 radical (unpaired) electrons. The molecule has 0 atom stereocenters. The van der Waals surface area contributed by atoms with E-state index in [0.29, 0.717) is 18.3 Å². The topological polar surface area (TPSA) is 70.8 Å². The minimum atomic E-state index is 0.610. The van der Waals surface area contributed by atoms with Crippen molar-refractivity contribution in [2.75, 3.05) is 13.1 Å². The number of hydrogen-bond acceptors (Lipinski definition) is 5. The third-order valence-corrected chi connectivity index (χ3v) is 3.80. The van der Waals surface area contributed by atoms with Crippen LogP contribution in [0, 0.1) is 13.8 Å². The predicted octanol–water partition coefficient (Wildman–Crippen LogP) is 2.63. The average molecular weight is 299 g/mol. The number of nitrogens with zero attached hydrogens (tertiary/aromatic N) is 4. The SMILES string of the molecule is CCN(CCc1nc2c(C)cccc2[nH]1)Cc1nnc(C)o1. The molecule has 0 fully saturated rings. The van der Waals surface area contributed by atoms with Gasteiger partial charge in [0.25, 0.3) is 0 Å². The van der Waals surface area contributed by atoms with Crippen LogP contribution in [0.5, 0.6) is 0 Å². The van der Waals surface area contributed by atoms with Crippen molar-refractivity contribution in [3.05, 3.63) is 41.4 Å². The number of rotatable bonds is 6. The number of aromatic nitrogens is 4. The molecule has 0 bridgehead atoms. The van der Waals surface area contributed by atoms with Crippen molar-refractivity contribution >= 4 is 11.0 Å². The predicted molar refractivity (Wildman–Crippen MR) is 84.5 cm³/mol. The van der Waals surface area contributed by atoms with Crippen LogP contribution in [0.15, 0.2) is 22.6 Å². The third kappa shape index (κ3) is 3.17. The second-order valence-corrected chi connectivity index (χ2v) is 5.49. The minimum absolute atomic E-state index is 0.610. The van der Waals surface area contributed by atoms with Crippen LogP contribution < -0.4 is 0 Å². The molecule has 0 saturated carbocycles. The largest absolute Gasteiger partial charge is 0.424 e. The van der Waals surface area contributed by atoms with Crippen LogP contribution in [-0.4, -0.2) is 38.2 Å². The summed E-state index contributed by atoms with van der Waals surface area (Å²) in [6.45, 7) is 8.53. The average Bonchev–Trinajstić information content (AvgIpc) is 3.10. The standard InChI is InChI=1S/C16H21N5O/c1-4-21(10-15-20-19-12(3)22-15)9-8-14-17-13-7-5-6-11(2)16(13)18-14/h5-7H,4,8-10H2,1-3H3,(H,17,18). The lowest BCUT2D eigenvalue weighted by Gasteiger charge is -2.17. The van der Waals surface area contributed by atoms with Crippen molar-refractivity contribution < 1.29 is 4.42 Å². The van der Waals surface area contributed by atoms with Crippen molar-refractivity contribution in [3.63, 3.8) is 0 Å². The highest BCUT2D eigenvalue weighted by Gasteiger charge is 2.11. The molecule has 3 rings (SSSR count). The zero-order chi connectivity index (χ0) is 15.5. The number of likely N-dealkylation sites (N-methyl/N-ethyl adjacent to an activating group) is 1. The molecule has 2 heterocycles. The zero-order valence-corrected chi connectivity index (χ0v) is 13.3. The maximum Gasteiger partial charge on any atom is 0.230 e. The Morgan fingerprint density at radius 1 is 1.23 bits per heavy atom. The minimum Gasteiger partial charge on any atom is -0.424 e. The summed E-state index contributed by atoms with van der Waals surface area (Å²) >= 11 is 0. The maximum absolute atomic E-state index is 5.44. The number of aryl methyl sites for hydroxylation is 2. The summed E-state index contributed by atoms with van der Waals surface area (Å²) in [5, 5.41) is 7.92. The van der Waals surface area contributed by atoms with E-state index < -0.39 is 0 Å². The van der Waals surface area contributed by atoms with Gasteiger partial charge in [0, 0.05) is 19.9 Å². The van der Waals surface area contributed by atoms with Crippen LogP contribution in [0.3, 0.4) is 0 Å². The van der Waals surface area contributed by atoms with Crippen molar-refractivity contribution in [2.24, 2.45) is 0 Å². The summed E-state index contributed by atoms with van der Waals surface area (Å²) < 4.78 is 5.44. The maximum atomic E-state index is 5.44. The van der Waals surface area contributed by atoms with Gasteiger partial charge in [0.15, 0.2) is 0 Å². The molecule has 0 saturated heterocycles. The number of hydrogen-bond donors (Lipinski definition) is 1. The van der Waals surface area contributed by atoms with Crippen LogP contribution >= 0.6 is 0 Å². The van der Waals surface area contributed by atoms with E-state index in [1.807, 2.05) is 6.92 Å². The van der Waals surface area contributed by atoms with Gasteiger partial charge in [-0.05, 0) is 25.1 Å². The molecular weight excluding hydrogens is 278 g/mol. The Morgan fingerprint density at radius 3 is 2.77 bits per heavy atom. The highest BCUT2D eigenvalue weighted by molar-refractivity contribution is 5.78. The Hall–Kier alpha value is -2.21. The van der Waals surface area contributed by atoms with Crippen LogP contribution in [0.1, 0.15) is 30.1 Å². The van der Waals surface area contributed by atoms with E-state index in [9.17, 15) is 0 Å². The molecule has 6 nitrogen and oxygen atoms in total. The highest BCUT2D eigenvalue weighted by Crippen LogP contribution is 2.16. The Kier molecular flexibility index (Phi) is 4.20. The van der Waals surface area contributed by atoms with Crippen LogP contribution in [0.2, 0.25) is 0 Å². The summed E-state index contributed by atoms with van der Waals surface area (Å²) in [5.74, 6) is 2.29. The van der Waals surface area contributed by atoms with E-state index >= 15 is 0 Å². The Balaban J connectivity index is 1.65. The Morgan fingerprint density at radius 2 is 2.09 bits per heavy atom. The fraction of sp³-hybridized carbons (Fsp3) is 0.438. The van der Waals surface area contributed by atoms with Crippen molar-refractivity contribution in [1.82, 2.24) is 25.1 Å². The Labute approximate surface area is 129 Å². The number of aromatic amines is 1. The first-order valence-electron chi connectivity index (χ1n) is 7.61. The van der Waals surface area contributed by atoms with Crippen LogP contribution in [0.25, 0.3) is 11.0 Å². The molecule has 0 aliphatic rings. The summed E-state index contributed by atoms with van der Waals surface area (Å²) in [4.78, 5) is 10.4. The van der Waals surface area contributed by atoms with Gasteiger partial charge in [0.1, 0.15) is 5.82 Å². The molecule has 0 unspecified atom stereocenters. The summed E-state index contributed by atoms with van der Waals surface area (Å²) in [7, 11) is 0. The lowest BCUT2D eigenvalue weighted by molar-refractivity contribution is 0.250. The first-order valence-corrected chi connectivity index (χ1v) is 7.61. The van der Waals surface area contributed by atoms with Gasteiger partial charge in [-0.1, -0.05) is 19.1 Å². The molecule has 0 aliphatic heterocycles. The van der Waals surface area contributed by atoms with Gasteiger partial charge < -0.3 is 9.40 Å². The highest BCUT2D eigenvalue weighted by atomic mass is 16.4.